The SMILES string of the molecule is Cc1cn2c(n1)CCC(CN(C)c1nc(Cl)c(C#N)s1)C2. The first-order valence-corrected chi connectivity index (χ1v) is 8.06. The van der Waals surface area contributed by atoms with Gasteiger partial charge >= 0.3 is 0 Å². The molecule has 2 aromatic rings. The van der Waals surface area contributed by atoms with Gasteiger partial charge in [0.1, 0.15) is 16.8 Å². The molecule has 0 radical (unpaired) electrons. The van der Waals surface area contributed by atoms with E-state index < -0.39 is 0 Å². The molecule has 0 N–H and O–H groups in total. The molecule has 0 saturated heterocycles. The van der Waals surface area contributed by atoms with Crippen LogP contribution >= 0.6 is 22.9 Å². The molecule has 0 fully saturated rings. The highest BCUT2D eigenvalue weighted by Gasteiger charge is 2.22. The molecule has 21 heavy (non-hydrogen) atoms. The second-order valence-electron chi connectivity index (χ2n) is 5.46. The van der Waals surface area contributed by atoms with Crippen molar-refractivity contribution in [1.29, 1.82) is 5.26 Å². The zero-order valence-corrected chi connectivity index (χ0v) is 13.6. The van der Waals surface area contributed by atoms with Gasteiger partial charge in [0, 0.05) is 32.8 Å². The minimum Gasteiger partial charge on any atom is -0.351 e. The van der Waals surface area contributed by atoms with Crippen LogP contribution in [0.25, 0.3) is 0 Å². The third kappa shape index (κ3) is 2.89. The Morgan fingerprint density at radius 3 is 3.10 bits per heavy atom. The quantitative estimate of drug-likeness (QED) is 0.872. The van der Waals surface area contributed by atoms with E-state index in [0.29, 0.717) is 15.9 Å². The minimum atomic E-state index is 0.306. The van der Waals surface area contributed by atoms with Gasteiger partial charge in [-0.05, 0) is 19.3 Å². The molecular formula is C14H16ClN5S. The van der Waals surface area contributed by atoms with Crippen LogP contribution in [-0.4, -0.2) is 28.1 Å². The van der Waals surface area contributed by atoms with Gasteiger partial charge in [-0.2, -0.15) is 5.26 Å². The lowest BCUT2D eigenvalue weighted by Crippen LogP contribution is -2.31. The van der Waals surface area contributed by atoms with Crippen molar-refractivity contribution >= 4 is 28.1 Å². The lowest BCUT2D eigenvalue weighted by molar-refractivity contribution is 0.369. The molecule has 1 aliphatic heterocycles. The number of rotatable bonds is 3. The number of nitriles is 1. The summed E-state index contributed by atoms with van der Waals surface area (Å²) in [7, 11) is 2.00. The molecule has 7 heteroatoms. The highest BCUT2D eigenvalue weighted by molar-refractivity contribution is 7.16. The van der Waals surface area contributed by atoms with E-state index in [1.54, 1.807) is 0 Å². The van der Waals surface area contributed by atoms with Gasteiger partial charge in [0.25, 0.3) is 0 Å². The van der Waals surface area contributed by atoms with E-state index in [0.717, 1.165) is 36.8 Å². The normalized spacial score (nSPS) is 17.3. The summed E-state index contributed by atoms with van der Waals surface area (Å²) in [5.41, 5.74) is 1.09. The van der Waals surface area contributed by atoms with Crippen LogP contribution in [-0.2, 0) is 13.0 Å². The summed E-state index contributed by atoms with van der Waals surface area (Å²) in [6.45, 7) is 3.93. The van der Waals surface area contributed by atoms with Crippen molar-refractivity contribution in [2.45, 2.75) is 26.3 Å². The second-order valence-corrected chi connectivity index (χ2v) is 6.80. The molecule has 3 heterocycles. The van der Waals surface area contributed by atoms with Gasteiger partial charge in [-0.15, -0.1) is 0 Å². The molecule has 0 saturated carbocycles. The third-order valence-corrected chi connectivity index (χ3v) is 5.21. The van der Waals surface area contributed by atoms with Crippen molar-refractivity contribution in [2.24, 2.45) is 5.92 Å². The summed E-state index contributed by atoms with van der Waals surface area (Å²) in [6, 6.07) is 2.07. The van der Waals surface area contributed by atoms with Crippen LogP contribution in [0.4, 0.5) is 5.13 Å². The van der Waals surface area contributed by atoms with E-state index in [1.807, 2.05) is 14.0 Å². The van der Waals surface area contributed by atoms with Gasteiger partial charge in [-0.1, -0.05) is 22.9 Å². The first kappa shape index (κ1) is 14.4. The lowest BCUT2D eigenvalue weighted by Gasteiger charge is -2.27. The number of fused-ring (bicyclic) bond motifs is 1. The maximum atomic E-state index is 8.95. The number of anilines is 1. The summed E-state index contributed by atoms with van der Waals surface area (Å²) >= 11 is 7.29. The van der Waals surface area contributed by atoms with Crippen molar-refractivity contribution in [2.75, 3.05) is 18.5 Å². The largest absolute Gasteiger partial charge is 0.351 e. The van der Waals surface area contributed by atoms with Crippen LogP contribution in [0.2, 0.25) is 5.15 Å². The second kappa shape index (κ2) is 5.66. The summed E-state index contributed by atoms with van der Waals surface area (Å²) in [5, 5.41) is 10.1. The number of hydrogen-bond acceptors (Lipinski definition) is 5. The van der Waals surface area contributed by atoms with Gasteiger partial charge in [-0.3, -0.25) is 0 Å². The molecule has 2 aromatic heterocycles. The Labute approximate surface area is 132 Å². The Morgan fingerprint density at radius 2 is 2.38 bits per heavy atom. The zero-order valence-electron chi connectivity index (χ0n) is 12.0. The topological polar surface area (TPSA) is 57.7 Å². The predicted octanol–water partition coefficient (Wildman–Crippen LogP) is 2.87. The van der Waals surface area contributed by atoms with E-state index >= 15 is 0 Å². The number of aromatic nitrogens is 3. The molecule has 1 unspecified atom stereocenters. The van der Waals surface area contributed by atoms with Crippen LogP contribution in [0.5, 0.6) is 0 Å². The molecule has 0 spiro atoms. The Bertz CT molecular complexity index is 699. The van der Waals surface area contributed by atoms with Gasteiger partial charge in [-0.25, -0.2) is 9.97 Å². The van der Waals surface area contributed by atoms with Crippen LogP contribution in [0.15, 0.2) is 6.20 Å². The lowest BCUT2D eigenvalue weighted by atomic mass is 9.99. The van der Waals surface area contributed by atoms with Crippen molar-refractivity contribution in [1.82, 2.24) is 14.5 Å². The van der Waals surface area contributed by atoms with Crippen LogP contribution in [0, 0.1) is 24.2 Å². The summed E-state index contributed by atoms with van der Waals surface area (Å²) in [4.78, 5) is 11.4. The fraction of sp³-hybridized carbons (Fsp3) is 0.500. The number of hydrogen-bond donors (Lipinski definition) is 0. The Balaban J connectivity index is 1.68. The Kier molecular flexibility index (Phi) is 3.87. The van der Waals surface area contributed by atoms with Gasteiger partial charge < -0.3 is 9.47 Å². The monoisotopic (exact) mass is 321 g/mol. The van der Waals surface area contributed by atoms with Crippen LogP contribution in [0.3, 0.4) is 0 Å². The van der Waals surface area contributed by atoms with E-state index in [2.05, 4.69) is 31.7 Å². The Hall–Kier alpha value is -1.58. The zero-order chi connectivity index (χ0) is 15.0. The van der Waals surface area contributed by atoms with Gasteiger partial charge in [0.15, 0.2) is 10.3 Å². The smallest absolute Gasteiger partial charge is 0.187 e. The van der Waals surface area contributed by atoms with E-state index in [9.17, 15) is 0 Å². The molecule has 1 atom stereocenters. The van der Waals surface area contributed by atoms with Crippen molar-refractivity contribution < 1.29 is 0 Å². The van der Waals surface area contributed by atoms with Crippen LogP contribution < -0.4 is 4.90 Å². The molecule has 0 aromatic carbocycles. The number of halogens is 1. The Morgan fingerprint density at radius 1 is 1.57 bits per heavy atom. The minimum absolute atomic E-state index is 0.306. The summed E-state index contributed by atoms with van der Waals surface area (Å²) < 4.78 is 2.26. The number of nitrogens with zero attached hydrogens (tertiary/aromatic N) is 5. The summed E-state index contributed by atoms with van der Waals surface area (Å²) in [6.07, 6.45) is 4.27. The first-order valence-electron chi connectivity index (χ1n) is 6.87. The maximum absolute atomic E-state index is 8.95. The third-order valence-electron chi connectivity index (χ3n) is 3.75. The molecule has 0 aliphatic carbocycles. The molecule has 5 nitrogen and oxygen atoms in total. The average Bonchev–Trinajstić information content (AvgIpc) is 3.00. The van der Waals surface area contributed by atoms with Crippen LogP contribution in [0.1, 0.15) is 22.8 Å². The van der Waals surface area contributed by atoms with Gasteiger partial charge in [0.2, 0.25) is 0 Å². The highest BCUT2D eigenvalue weighted by Crippen LogP contribution is 2.29. The van der Waals surface area contributed by atoms with Gasteiger partial charge in [0.05, 0.1) is 5.69 Å². The summed E-state index contributed by atoms with van der Waals surface area (Å²) in [5.74, 6) is 1.75. The predicted molar refractivity (Wildman–Crippen MR) is 83.9 cm³/mol. The van der Waals surface area contributed by atoms with Crippen molar-refractivity contribution in [3.8, 4) is 6.07 Å². The van der Waals surface area contributed by atoms with Crippen molar-refractivity contribution in [3.63, 3.8) is 0 Å². The molecule has 0 amide bonds. The average molecular weight is 322 g/mol. The first-order chi connectivity index (χ1) is 10.1. The fourth-order valence-electron chi connectivity index (χ4n) is 2.79. The molecule has 0 bridgehead atoms. The highest BCUT2D eigenvalue weighted by atomic mass is 35.5. The standard InChI is InChI=1S/C14H16ClN5S/c1-9-6-20-8-10(3-4-12(20)17-9)7-19(2)14-18-13(15)11(5-16)21-14/h6,10H,3-4,7-8H2,1-2H3. The van der Waals surface area contributed by atoms with E-state index in [1.165, 1.54) is 17.2 Å². The maximum Gasteiger partial charge on any atom is 0.187 e. The molecule has 110 valence electrons. The number of aryl methyl sites for hydroxylation is 2. The molecule has 3 rings (SSSR count). The fourth-order valence-corrected chi connectivity index (χ4v) is 3.81. The molecule has 1 aliphatic rings. The van der Waals surface area contributed by atoms with Crippen molar-refractivity contribution in [3.05, 3.63) is 27.7 Å². The molecular weight excluding hydrogens is 306 g/mol. The van der Waals surface area contributed by atoms with E-state index in [4.69, 9.17) is 16.9 Å². The number of thiazole rings is 1. The number of imidazole rings is 1. The van der Waals surface area contributed by atoms with E-state index in [-0.39, 0.29) is 0 Å².